The summed E-state index contributed by atoms with van der Waals surface area (Å²) in [6.07, 6.45) is 0. The maximum Gasteiger partial charge on any atom is 0.176 e. The minimum absolute atomic E-state index is 0.127. The van der Waals surface area contributed by atoms with Gasteiger partial charge in [0.15, 0.2) is 5.78 Å². The number of rotatable bonds is 6. The fourth-order valence-corrected chi connectivity index (χ4v) is 2.62. The van der Waals surface area contributed by atoms with Crippen LogP contribution in [-0.2, 0) is 6.54 Å². The molecule has 0 atom stereocenters. The Morgan fingerprint density at radius 2 is 2.00 bits per heavy atom. The van der Waals surface area contributed by atoms with Crippen LogP contribution in [0.1, 0.15) is 15.2 Å². The predicted molar refractivity (Wildman–Crippen MR) is 78.0 cm³/mol. The second kappa shape index (κ2) is 6.50. The number of likely N-dealkylation sites (N-methyl/N-ethyl adjacent to an activating group) is 1. The molecule has 1 aromatic heterocycles. The van der Waals surface area contributed by atoms with Gasteiger partial charge in [-0.15, -0.1) is 11.3 Å². The molecule has 100 valence electrons. The van der Waals surface area contributed by atoms with E-state index in [0.29, 0.717) is 6.54 Å². The largest absolute Gasteiger partial charge is 0.497 e. The summed E-state index contributed by atoms with van der Waals surface area (Å²) >= 11 is 1.71. The first kappa shape index (κ1) is 13.8. The van der Waals surface area contributed by atoms with E-state index in [1.165, 1.54) is 4.88 Å². The summed E-state index contributed by atoms with van der Waals surface area (Å²) in [7, 11) is 3.58. The molecule has 19 heavy (non-hydrogen) atoms. The molecule has 0 N–H and O–H groups in total. The van der Waals surface area contributed by atoms with Gasteiger partial charge in [-0.3, -0.25) is 9.69 Å². The summed E-state index contributed by atoms with van der Waals surface area (Å²) in [6, 6.07) is 11.3. The minimum atomic E-state index is 0.127. The average Bonchev–Trinajstić information content (AvgIpc) is 2.91. The number of carbonyl (C=O) groups excluding carboxylic acids is 1. The molecule has 0 aliphatic carbocycles. The van der Waals surface area contributed by atoms with Crippen molar-refractivity contribution in [1.82, 2.24) is 4.90 Å². The summed E-state index contributed by atoms with van der Waals surface area (Å²) in [5.74, 6) is 0.894. The zero-order chi connectivity index (χ0) is 13.7. The van der Waals surface area contributed by atoms with Crippen LogP contribution in [0.5, 0.6) is 5.75 Å². The second-order valence-electron chi connectivity index (χ2n) is 4.40. The Kier molecular flexibility index (Phi) is 4.71. The van der Waals surface area contributed by atoms with Crippen LogP contribution >= 0.6 is 11.3 Å². The second-order valence-corrected chi connectivity index (χ2v) is 5.44. The molecule has 0 aliphatic rings. The Balaban J connectivity index is 1.92. The number of carbonyl (C=O) groups is 1. The number of ether oxygens (including phenoxy) is 1. The van der Waals surface area contributed by atoms with Crippen molar-refractivity contribution in [3.05, 3.63) is 52.2 Å². The zero-order valence-corrected chi connectivity index (χ0v) is 11.9. The minimum Gasteiger partial charge on any atom is -0.497 e. The van der Waals surface area contributed by atoms with Crippen molar-refractivity contribution in [3.63, 3.8) is 0 Å². The molecular formula is C15H17NO2S. The van der Waals surface area contributed by atoms with Crippen LogP contribution in [0.3, 0.4) is 0 Å². The summed E-state index contributed by atoms with van der Waals surface area (Å²) < 4.78 is 5.08. The zero-order valence-electron chi connectivity index (χ0n) is 11.1. The van der Waals surface area contributed by atoms with Gasteiger partial charge < -0.3 is 4.74 Å². The van der Waals surface area contributed by atoms with E-state index >= 15 is 0 Å². The van der Waals surface area contributed by atoms with E-state index in [0.717, 1.165) is 17.9 Å². The number of benzene rings is 1. The maximum absolute atomic E-state index is 12.1. The van der Waals surface area contributed by atoms with E-state index in [4.69, 9.17) is 4.74 Å². The molecule has 0 radical (unpaired) electrons. The highest BCUT2D eigenvalue weighted by Gasteiger charge is 2.10. The maximum atomic E-state index is 12.1. The van der Waals surface area contributed by atoms with Crippen LogP contribution < -0.4 is 4.74 Å². The molecule has 1 aromatic carbocycles. The Hall–Kier alpha value is -1.65. The molecule has 0 saturated carbocycles. The van der Waals surface area contributed by atoms with E-state index in [-0.39, 0.29) is 5.78 Å². The Labute approximate surface area is 117 Å². The number of hydrogen-bond donors (Lipinski definition) is 0. The lowest BCUT2D eigenvalue weighted by molar-refractivity contribution is 0.0943. The van der Waals surface area contributed by atoms with Crippen LogP contribution in [0.15, 0.2) is 41.8 Å². The summed E-state index contributed by atoms with van der Waals surface area (Å²) in [5.41, 5.74) is 0.721. The van der Waals surface area contributed by atoms with Gasteiger partial charge in [0.1, 0.15) is 5.75 Å². The van der Waals surface area contributed by atoms with Gasteiger partial charge in [-0.25, -0.2) is 0 Å². The van der Waals surface area contributed by atoms with E-state index in [2.05, 4.69) is 11.4 Å². The smallest absolute Gasteiger partial charge is 0.176 e. The lowest BCUT2D eigenvalue weighted by Crippen LogP contribution is -2.25. The molecule has 1 heterocycles. The molecule has 0 unspecified atom stereocenters. The van der Waals surface area contributed by atoms with Crippen LogP contribution in [0.2, 0.25) is 0 Å². The van der Waals surface area contributed by atoms with Crippen molar-refractivity contribution in [2.45, 2.75) is 6.54 Å². The van der Waals surface area contributed by atoms with E-state index < -0.39 is 0 Å². The van der Waals surface area contributed by atoms with E-state index in [1.54, 1.807) is 30.6 Å². The van der Waals surface area contributed by atoms with Crippen LogP contribution in [0, 0.1) is 0 Å². The highest BCUT2D eigenvalue weighted by molar-refractivity contribution is 7.09. The van der Waals surface area contributed by atoms with Gasteiger partial charge in [0.2, 0.25) is 0 Å². The monoisotopic (exact) mass is 275 g/mol. The van der Waals surface area contributed by atoms with Crippen LogP contribution in [0.25, 0.3) is 0 Å². The number of nitrogens with zero attached hydrogens (tertiary/aromatic N) is 1. The fraction of sp³-hybridized carbons (Fsp3) is 0.267. The third kappa shape index (κ3) is 3.91. The van der Waals surface area contributed by atoms with E-state index in [9.17, 15) is 4.79 Å². The molecule has 0 saturated heterocycles. The SMILES string of the molecule is COc1ccc(C(=O)CN(C)Cc2cccs2)cc1. The molecule has 4 heteroatoms. The van der Waals surface area contributed by atoms with Crippen molar-refractivity contribution in [2.75, 3.05) is 20.7 Å². The number of thiophene rings is 1. The van der Waals surface area contributed by atoms with Crippen molar-refractivity contribution >= 4 is 17.1 Å². The summed E-state index contributed by atoms with van der Waals surface area (Å²) in [4.78, 5) is 15.4. The third-order valence-electron chi connectivity index (χ3n) is 2.83. The van der Waals surface area contributed by atoms with Gasteiger partial charge in [-0.05, 0) is 42.8 Å². The molecule has 2 aromatic rings. The number of methoxy groups -OCH3 is 1. The summed E-state index contributed by atoms with van der Waals surface area (Å²) in [5, 5.41) is 2.05. The van der Waals surface area contributed by atoms with Gasteiger partial charge in [0, 0.05) is 17.0 Å². The Morgan fingerprint density at radius 3 is 2.58 bits per heavy atom. The standard InChI is InChI=1S/C15H17NO2S/c1-16(10-14-4-3-9-19-14)11-15(17)12-5-7-13(18-2)8-6-12/h3-9H,10-11H2,1-2H3. The van der Waals surface area contributed by atoms with Crippen molar-refractivity contribution in [2.24, 2.45) is 0 Å². The van der Waals surface area contributed by atoms with Gasteiger partial charge in [-0.2, -0.15) is 0 Å². The van der Waals surface area contributed by atoms with Crippen LogP contribution in [0.4, 0.5) is 0 Å². The van der Waals surface area contributed by atoms with Crippen LogP contribution in [-0.4, -0.2) is 31.4 Å². The van der Waals surface area contributed by atoms with Crippen molar-refractivity contribution in [3.8, 4) is 5.75 Å². The average molecular weight is 275 g/mol. The highest BCUT2D eigenvalue weighted by Crippen LogP contribution is 2.14. The predicted octanol–water partition coefficient (Wildman–Crippen LogP) is 3.07. The first-order valence-corrected chi connectivity index (χ1v) is 6.95. The lowest BCUT2D eigenvalue weighted by atomic mass is 10.1. The molecule has 0 aliphatic heterocycles. The number of hydrogen-bond acceptors (Lipinski definition) is 4. The Bertz CT molecular complexity index is 520. The third-order valence-corrected chi connectivity index (χ3v) is 3.69. The number of Topliss-reactive ketones (excluding diaryl/α,β-unsaturated/α-hetero) is 1. The molecule has 2 rings (SSSR count). The van der Waals surface area contributed by atoms with Gasteiger partial charge in [-0.1, -0.05) is 6.07 Å². The first-order chi connectivity index (χ1) is 9.19. The molecule has 3 nitrogen and oxygen atoms in total. The molecule has 0 bridgehead atoms. The molecular weight excluding hydrogens is 258 g/mol. The Morgan fingerprint density at radius 1 is 1.26 bits per heavy atom. The summed E-state index contributed by atoms with van der Waals surface area (Å²) in [6.45, 7) is 1.23. The fourth-order valence-electron chi connectivity index (χ4n) is 1.84. The van der Waals surface area contributed by atoms with Crippen molar-refractivity contribution < 1.29 is 9.53 Å². The van der Waals surface area contributed by atoms with Crippen molar-refractivity contribution in [1.29, 1.82) is 0 Å². The normalized spacial score (nSPS) is 10.7. The quantitative estimate of drug-likeness (QED) is 0.759. The highest BCUT2D eigenvalue weighted by atomic mass is 32.1. The van der Waals surface area contributed by atoms with Gasteiger partial charge >= 0.3 is 0 Å². The first-order valence-electron chi connectivity index (χ1n) is 6.07. The van der Waals surface area contributed by atoms with Gasteiger partial charge in [0.25, 0.3) is 0 Å². The molecule has 0 amide bonds. The molecule has 0 fully saturated rings. The topological polar surface area (TPSA) is 29.5 Å². The van der Waals surface area contributed by atoms with Gasteiger partial charge in [0.05, 0.1) is 13.7 Å². The molecule has 0 spiro atoms. The van der Waals surface area contributed by atoms with E-state index in [1.807, 2.05) is 30.1 Å². The lowest BCUT2D eigenvalue weighted by Gasteiger charge is -2.14. The number of ketones is 1.